The van der Waals surface area contributed by atoms with Crippen LogP contribution >= 0.6 is 0 Å². The Morgan fingerprint density at radius 3 is 2.68 bits per heavy atom. The molecule has 0 fully saturated rings. The fraction of sp³-hybridized carbons (Fsp3) is 0.462. The Morgan fingerprint density at radius 1 is 1.47 bits per heavy atom. The van der Waals surface area contributed by atoms with Gasteiger partial charge >= 0.3 is 12.0 Å². The zero-order valence-corrected chi connectivity index (χ0v) is 11.3. The van der Waals surface area contributed by atoms with Crippen LogP contribution < -0.4 is 10.6 Å². The highest BCUT2D eigenvalue weighted by molar-refractivity contribution is 5.92. The lowest BCUT2D eigenvalue weighted by molar-refractivity contribution is -0.140. The molecule has 2 amide bonds. The Kier molecular flexibility index (Phi) is 5.29. The average Bonchev–Trinajstić information content (AvgIpc) is 2.37. The van der Waals surface area contributed by atoms with Crippen molar-refractivity contribution in [3.05, 3.63) is 24.0 Å². The first-order valence-electron chi connectivity index (χ1n) is 6.16. The fourth-order valence-electron chi connectivity index (χ4n) is 1.58. The Labute approximate surface area is 112 Å². The van der Waals surface area contributed by atoms with Crippen LogP contribution in [-0.4, -0.2) is 28.1 Å². The molecule has 0 unspecified atom stereocenters. The van der Waals surface area contributed by atoms with Crippen molar-refractivity contribution in [3.63, 3.8) is 0 Å². The predicted molar refractivity (Wildman–Crippen MR) is 72.0 cm³/mol. The van der Waals surface area contributed by atoms with Gasteiger partial charge in [-0.2, -0.15) is 0 Å². The highest BCUT2D eigenvalue weighted by Gasteiger charge is 2.25. The number of carbonyl (C=O) groups excluding carboxylic acids is 1. The van der Waals surface area contributed by atoms with Crippen LogP contribution in [0.5, 0.6) is 0 Å². The van der Waals surface area contributed by atoms with Crippen molar-refractivity contribution in [2.45, 2.75) is 33.2 Å². The van der Waals surface area contributed by atoms with Crippen LogP contribution in [-0.2, 0) is 4.79 Å². The molecule has 6 nitrogen and oxygen atoms in total. The second-order valence-corrected chi connectivity index (χ2v) is 4.49. The molecule has 0 bridgehead atoms. The molecule has 1 aromatic heterocycles. The Morgan fingerprint density at radius 2 is 2.16 bits per heavy atom. The summed E-state index contributed by atoms with van der Waals surface area (Å²) in [5.74, 6) is -1.18. The molecule has 0 aromatic carbocycles. The molecule has 1 rings (SSSR count). The van der Waals surface area contributed by atoms with Crippen LogP contribution in [0.15, 0.2) is 18.5 Å². The Hall–Kier alpha value is -2.11. The van der Waals surface area contributed by atoms with E-state index in [-0.39, 0.29) is 5.92 Å². The molecule has 0 aliphatic heterocycles. The summed E-state index contributed by atoms with van der Waals surface area (Å²) in [7, 11) is 0. The highest BCUT2D eigenvalue weighted by Crippen LogP contribution is 2.12. The van der Waals surface area contributed by atoms with E-state index in [1.165, 1.54) is 6.20 Å². The summed E-state index contributed by atoms with van der Waals surface area (Å²) in [5, 5.41) is 14.2. The third-order valence-corrected chi connectivity index (χ3v) is 3.05. The van der Waals surface area contributed by atoms with Crippen LogP contribution in [0, 0.1) is 12.8 Å². The van der Waals surface area contributed by atoms with Crippen LogP contribution in [0.1, 0.15) is 25.8 Å². The first kappa shape index (κ1) is 14.9. The highest BCUT2D eigenvalue weighted by atomic mass is 16.4. The van der Waals surface area contributed by atoms with Crippen molar-refractivity contribution in [1.82, 2.24) is 10.3 Å². The lowest BCUT2D eigenvalue weighted by atomic mass is 9.99. The molecule has 104 valence electrons. The molecule has 1 heterocycles. The summed E-state index contributed by atoms with van der Waals surface area (Å²) in [6, 6.07) is 0.324. The number of anilines is 1. The van der Waals surface area contributed by atoms with Gasteiger partial charge in [-0.05, 0) is 24.5 Å². The first-order chi connectivity index (χ1) is 8.95. The molecule has 2 atom stereocenters. The number of carboxylic acid groups (broad SMARTS) is 1. The number of pyridine rings is 1. The molecule has 0 saturated heterocycles. The molecule has 3 N–H and O–H groups in total. The summed E-state index contributed by atoms with van der Waals surface area (Å²) in [6.07, 6.45) is 3.81. The molecule has 1 aromatic rings. The molecule has 0 spiro atoms. The topological polar surface area (TPSA) is 91.3 Å². The largest absolute Gasteiger partial charge is 0.480 e. The number of hydrogen-bond donors (Lipinski definition) is 3. The van der Waals surface area contributed by atoms with E-state index in [9.17, 15) is 9.59 Å². The van der Waals surface area contributed by atoms with Crippen molar-refractivity contribution in [3.8, 4) is 0 Å². The lowest BCUT2D eigenvalue weighted by Gasteiger charge is -2.20. The molecule has 0 radical (unpaired) electrons. The summed E-state index contributed by atoms with van der Waals surface area (Å²) in [6.45, 7) is 5.50. The SMILES string of the molecule is CC[C@H](C)[C@H](NC(=O)Nc1cnccc1C)C(=O)O. The summed E-state index contributed by atoms with van der Waals surface area (Å²) >= 11 is 0. The van der Waals surface area contributed by atoms with Gasteiger partial charge in [0.1, 0.15) is 6.04 Å². The van der Waals surface area contributed by atoms with E-state index < -0.39 is 18.0 Å². The minimum atomic E-state index is -1.03. The number of rotatable bonds is 5. The maximum atomic E-state index is 11.8. The molecular weight excluding hydrogens is 246 g/mol. The van der Waals surface area contributed by atoms with E-state index in [4.69, 9.17) is 5.11 Å². The average molecular weight is 265 g/mol. The zero-order valence-electron chi connectivity index (χ0n) is 11.3. The number of hydrogen-bond acceptors (Lipinski definition) is 3. The van der Waals surface area contributed by atoms with Crippen LogP contribution in [0.25, 0.3) is 0 Å². The summed E-state index contributed by atoms with van der Waals surface area (Å²) in [4.78, 5) is 26.8. The van der Waals surface area contributed by atoms with Gasteiger partial charge in [0.2, 0.25) is 0 Å². The fourth-order valence-corrected chi connectivity index (χ4v) is 1.58. The second-order valence-electron chi connectivity index (χ2n) is 4.49. The van der Waals surface area contributed by atoms with Gasteiger partial charge in [-0.15, -0.1) is 0 Å². The lowest BCUT2D eigenvalue weighted by Crippen LogP contribution is -2.46. The number of nitrogens with zero attached hydrogens (tertiary/aromatic N) is 1. The van der Waals surface area contributed by atoms with Crippen LogP contribution in [0.2, 0.25) is 0 Å². The smallest absolute Gasteiger partial charge is 0.326 e. The second kappa shape index (κ2) is 6.72. The predicted octanol–water partition coefficient (Wildman–Crippen LogP) is 2.01. The third kappa shape index (κ3) is 4.24. The maximum absolute atomic E-state index is 11.8. The quantitative estimate of drug-likeness (QED) is 0.759. The normalized spacial score (nSPS) is 13.4. The van der Waals surface area contributed by atoms with Gasteiger partial charge in [0.25, 0.3) is 0 Å². The molecule has 0 saturated carbocycles. The van der Waals surface area contributed by atoms with Crippen molar-refractivity contribution in [2.24, 2.45) is 5.92 Å². The number of urea groups is 1. The number of aromatic nitrogens is 1. The van der Waals surface area contributed by atoms with E-state index in [2.05, 4.69) is 15.6 Å². The van der Waals surface area contributed by atoms with Gasteiger partial charge in [-0.1, -0.05) is 20.3 Å². The molecule has 0 aliphatic carbocycles. The Balaban J connectivity index is 2.68. The van der Waals surface area contributed by atoms with E-state index in [1.54, 1.807) is 19.2 Å². The van der Waals surface area contributed by atoms with Crippen molar-refractivity contribution >= 4 is 17.7 Å². The molecule has 0 aliphatic rings. The molecule has 19 heavy (non-hydrogen) atoms. The number of nitrogens with one attached hydrogen (secondary N) is 2. The standard InChI is InChI=1S/C13H19N3O3/c1-4-8(2)11(12(17)18)16-13(19)15-10-7-14-6-5-9(10)3/h5-8,11H,4H2,1-3H3,(H,17,18)(H2,15,16,19)/t8-,11-/m0/s1. The maximum Gasteiger partial charge on any atom is 0.326 e. The van der Waals surface area contributed by atoms with Crippen molar-refractivity contribution < 1.29 is 14.7 Å². The van der Waals surface area contributed by atoms with E-state index >= 15 is 0 Å². The van der Waals surface area contributed by atoms with Gasteiger partial charge in [0.15, 0.2) is 0 Å². The number of aliphatic carboxylic acids is 1. The zero-order chi connectivity index (χ0) is 14.4. The van der Waals surface area contributed by atoms with Gasteiger partial charge in [0.05, 0.1) is 11.9 Å². The third-order valence-electron chi connectivity index (χ3n) is 3.05. The molecular formula is C13H19N3O3. The molecule has 6 heteroatoms. The van der Waals surface area contributed by atoms with Gasteiger partial charge in [-0.25, -0.2) is 9.59 Å². The van der Waals surface area contributed by atoms with Gasteiger partial charge in [0, 0.05) is 6.20 Å². The van der Waals surface area contributed by atoms with Crippen molar-refractivity contribution in [1.29, 1.82) is 0 Å². The van der Waals surface area contributed by atoms with E-state index in [1.807, 2.05) is 13.8 Å². The van der Waals surface area contributed by atoms with Gasteiger partial charge < -0.3 is 15.7 Å². The van der Waals surface area contributed by atoms with E-state index in [0.29, 0.717) is 12.1 Å². The number of carboxylic acids is 1. The van der Waals surface area contributed by atoms with E-state index in [0.717, 1.165) is 5.56 Å². The minimum absolute atomic E-state index is 0.141. The monoisotopic (exact) mass is 265 g/mol. The minimum Gasteiger partial charge on any atom is -0.480 e. The number of aryl methyl sites for hydroxylation is 1. The Bertz CT molecular complexity index is 462. The summed E-state index contributed by atoms with van der Waals surface area (Å²) < 4.78 is 0. The van der Waals surface area contributed by atoms with Crippen LogP contribution in [0.3, 0.4) is 0 Å². The first-order valence-corrected chi connectivity index (χ1v) is 6.16. The number of amides is 2. The van der Waals surface area contributed by atoms with Gasteiger partial charge in [-0.3, -0.25) is 4.98 Å². The van der Waals surface area contributed by atoms with Crippen molar-refractivity contribution in [2.75, 3.05) is 5.32 Å². The van der Waals surface area contributed by atoms with Crippen LogP contribution in [0.4, 0.5) is 10.5 Å². The summed E-state index contributed by atoms with van der Waals surface area (Å²) in [5.41, 5.74) is 1.42. The number of carbonyl (C=O) groups is 2.